The Balaban J connectivity index is 4.24. The van der Waals surface area contributed by atoms with Crippen LogP contribution in [0.5, 0.6) is 0 Å². The van der Waals surface area contributed by atoms with Crippen molar-refractivity contribution >= 4 is 23.8 Å². The Morgan fingerprint density at radius 2 is 1.38 bits per heavy atom. The molecule has 0 aliphatic heterocycles. The van der Waals surface area contributed by atoms with E-state index in [-0.39, 0.29) is 44.2 Å². The molecule has 0 aliphatic carbocycles. The number of hydrogen-bond acceptors (Lipinski definition) is 7. The van der Waals surface area contributed by atoms with Gasteiger partial charge in [-0.25, -0.2) is 9.59 Å². The Labute approximate surface area is 154 Å². The van der Waals surface area contributed by atoms with Crippen LogP contribution in [0.1, 0.15) is 46.5 Å². The highest BCUT2D eigenvalue weighted by molar-refractivity contribution is 5.98. The summed E-state index contributed by atoms with van der Waals surface area (Å²) < 4.78 is 15.5. The third kappa shape index (κ3) is 13.2. The number of rotatable bonds is 14. The Kier molecular flexibility index (Phi) is 13.9. The van der Waals surface area contributed by atoms with Crippen molar-refractivity contribution in [1.82, 2.24) is 10.6 Å². The zero-order valence-electron chi connectivity index (χ0n) is 15.8. The maximum absolute atomic E-state index is 11.6. The molecule has 9 nitrogen and oxygen atoms in total. The van der Waals surface area contributed by atoms with E-state index in [0.717, 1.165) is 0 Å². The molecule has 0 aromatic carbocycles. The molecule has 0 fully saturated rings. The topological polar surface area (TPSA) is 120 Å². The molecule has 26 heavy (non-hydrogen) atoms. The average molecular weight is 374 g/mol. The second kappa shape index (κ2) is 15.1. The van der Waals surface area contributed by atoms with Gasteiger partial charge in [0.05, 0.1) is 6.42 Å². The minimum Gasteiger partial charge on any atom is -0.447 e. The normalized spacial score (nSPS) is 10.3. The first-order valence-corrected chi connectivity index (χ1v) is 8.89. The van der Waals surface area contributed by atoms with Crippen LogP contribution in [0.4, 0.5) is 9.59 Å². The molecule has 0 aromatic rings. The highest BCUT2D eigenvalue weighted by Crippen LogP contribution is 2.02. The van der Waals surface area contributed by atoms with Crippen LogP contribution in [0.25, 0.3) is 0 Å². The van der Waals surface area contributed by atoms with E-state index in [0.29, 0.717) is 25.9 Å². The predicted octanol–water partition coefficient (Wildman–Crippen LogP) is 1.58. The molecule has 0 bridgehead atoms. The maximum atomic E-state index is 11.6. The van der Waals surface area contributed by atoms with Gasteiger partial charge in [0.25, 0.3) is 0 Å². The van der Waals surface area contributed by atoms with Crippen LogP contribution in [0.15, 0.2) is 0 Å². The van der Waals surface area contributed by atoms with Gasteiger partial charge in [0, 0.05) is 32.5 Å². The summed E-state index contributed by atoms with van der Waals surface area (Å²) >= 11 is 0. The van der Waals surface area contributed by atoms with Crippen molar-refractivity contribution in [2.45, 2.75) is 52.6 Å². The molecule has 2 N–H and O–H groups in total. The fourth-order valence-corrected chi connectivity index (χ4v) is 1.82. The minimum absolute atomic E-state index is 0.0550. The molecule has 0 radical (unpaired) electrons. The first-order valence-electron chi connectivity index (χ1n) is 8.89. The van der Waals surface area contributed by atoms with Gasteiger partial charge in [-0.15, -0.1) is 0 Å². The Morgan fingerprint density at radius 1 is 0.846 bits per heavy atom. The van der Waals surface area contributed by atoms with Crippen LogP contribution in [0, 0.1) is 0 Å². The second-order valence-corrected chi connectivity index (χ2v) is 5.46. The van der Waals surface area contributed by atoms with Crippen molar-refractivity contribution < 1.29 is 33.4 Å². The minimum atomic E-state index is -0.646. The van der Waals surface area contributed by atoms with Gasteiger partial charge in [-0.2, -0.15) is 0 Å². The standard InChI is InChI=1S/C17H30N2O7/c1-4-13(20)10-14(21)8-7-9-24-15(11-25-16(22)18-5-2)12-26-17(23)19-6-3/h15H,4-12H2,1-3H3,(H,18,22)(H,19,23). The van der Waals surface area contributed by atoms with E-state index in [4.69, 9.17) is 14.2 Å². The third-order valence-electron chi connectivity index (χ3n) is 3.19. The fourth-order valence-electron chi connectivity index (χ4n) is 1.82. The van der Waals surface area contributed by atoms with Gasteiger partial charge in [-0.05, 0) is 20.3 Å². The summed E-state index contributed by atoms with van der Waals surface area (Å²) in [6.45, 7) is 6.13. The third-order valence-corrected chi connectivity index (χ3v) is 3.19. The molecule has 2 amide bonds. The Morgan fingerprint density at radius 3 is 1.85 bits per heavy atom. The van der Waals surface area contributed by atoms with Gasteiger partial charge in [0.2, 0.25) is 0 Å². The predicted molar refractivity (Wildman–Crippen MR) is 93.9 cm³/mol. The summed E-state index contributed by atoms with van der Waals surface area (Å²) in [6, 6.07) is 0. The van der Waals surface area contributed by atoms with E-state index in [1.807, 2.05) is 0 Å². The highest BCUT2D eigenvalue weighted by atomic mass is 16.6. The van der Waals surface area contributed by atoms with Crippen molar-refractivity contribution in [2.75, 3.05) is 32.9 Å². The van der Waals surface area contributed by atoms with Gasteiger partial charge >= 0.3 is 12.2 Å². The van der Waals surface area contributed by atoms with Crippen LogP contribution >= 0.6 is 0 Å². The van der Waals surface area contributed by atoms with Crippen LogP contribution in [-0.2, 0) is 23.8 Å². The number of ether oxygens (including phenoxy) is 3. The van der Waals surface area contributed by atoms with Crippen molar-refractivity contribution in [3.05, 3.63) is 0 Å². The van der Waals surface area contributed by atoms with E-state index in [2.05, 4.69) is 10.6 Å². The van der Waals surface area contributed by atoms with Gasteiger partial charge in [-0.1, -0.05) is 6.92 Å². The molecule has 0 atom stereocenters. The first kappa shape index (κ1) is 23.8. The van der Waals surface area contributed by atoms with Crippen molar-refractivity contribution in [3.8, 4) is 0 Å². The molecule has 0 aromatic heterocycles. The molecule has 9 heteroatoms. The number of ketones is 2. The van der Waals surface area contributed by atoms with E-state index >= 15 is 0 Å². The Hall–Kier alpha value is -2.16. The lowest BCUT2D eigenvalue weighted by Gasteiger charge is -2.18. The van der Waals surface area contributed by atoms with Crippen molar-refractivity contribution in [1.29, 1.82) is 0 Å². The monoisotopic (exact) mass is 374 g/mol. The summed E-state index contributed by atoms with van der Waals surface area (Å²) in [5.41, 5.74) is 0. The number of alkyl carbamates (subject to hydrolysis) is 2. The van der Waals surface area contributed by atoms with Gasteiger partial charge in [0.15, 0.2) is 0 Å². The molecule has 0 unspecified atom stereocenters. The summed E-state index contributed by atoms with van der Waals surface area (Å²) in [4.78, 5) is 45.5. The van der Waals surface area contributed by atoms with Crippen LogP contribution in [0.2, 0.25) is 0 Å². The van der Waals surface area contributed by atoms with Crippen LogP contribution < -0.4 is 10.6 Å². The van der Waals surface area contributed by atoms with Gasteiger partial charge < -0.3 is 24.8 Å². The van der Waals surface area contributed by atoms with E-state index in [1.165, 1.54) is 0 Å². The number of carbonyl (C=O) groups excluding carboxylic acids is 4. The molecule has 0 heterocycles. The lowest BCUT2D eigenvalue weighted by Crippen LogP contribution is -2.34. The van der Waals surface area contributed by atoms with E-state index < -0.39 is 18.3 Å². The molecule has 0 saturated carbocycles. The molecule has 0 aliphatic rings. The molecular formula is C17H30N2O7. The zero-order chi connectivity index (χ0) is 19.8. The van der Waals surface area contributed by atoms with Crippen molar-refractivity contribution in [2.24, 2.45) is 0 Å². The molecule has 0 rings (SSSR count). The van der Waals surface area contributed by atoms with Crippen LogP contribution in [0.3, 0.4) is 0 Å². The molecular weight excluding hydrogens is 344 g/mol. The Bertz CT molecular complexity index is 432. The largest absolute Gasteiger partial charge is 0.447 e. The number of amides is 2. The summed E-state index contributed by atoms with van der Waals surface area (Å²) in [5.74, 6) is -0.214. The van der Waals surface area contributed by atoms with Gasteiger partial charge in [-0.3, -0.25) is 9.59 Å². The number of Topliss-reactive ketones (excluding diaryl/α,β-unsaturated/α-hetero) is 2. The number of hydrogen-bond donors (Lipinski definition) is 2. The highest BCUT2D eigenvalue weighted by Gasteiger charge is 2.16. The van der Waals surface area contributed by atoms with Crippen LogP contribution in [-0.4, -0.2) is 62.8 Å². The summed E-state index contributed by atoms with van der Waals surface area (Å²) in [5, 5.41) is 4.96. The second-order valence-electron chi connectivity index (χ2n) is 5.46. The first-order chi connectivity index (χ1) is 12.4. The molecule has 0 saturated heterocycles. The quantitative estimate of drug-likeness (QED) is 0.350. The average Bonchev–Trinajstić information content (AvgIpc) is 2.60. The van der Waals surface area contributed by atoms with Crippen molar-refractivity contribution in [3.63, 3.8) is 0 Å². The number of carbonyl (C=O) groups is 4. The van der Waals surface area contributed by atoms with Gasteiger partial charge in [0.1, 0.15) is 30.9 Å². The zero-order valence-corrected chi connectivity index (χ0v) is 15.8. The molecule has 0 spiro atoms. The summed E-state index contributed by atoms with van der Waals surface area (Å²) in [7, 11) is 0. The lowest BCUT2D eigenvalue weighted by molar-refractivity contribution is -0.127. The van der Waals surface area contributed by atoms with E-state index in [1.54, 1.807) is 20.8 Å². The lowest BCUT2D eigenvalue weighted by atomic mass is 10.1. The summed E-state index contributed by atoms with van der Waals surface area (Å²) in [6.07, 6.45) is -0.881. The molecule has 150 valence electrons. The fraction of sp³-hybridized carbons (Fsp3) is 0.765. The maximum Gasteiger partial charge on any atom is 0.407 e. The smallest absolute Gasteiger partial charge is 0.407 e. The number of nitrogens with one attached hydrogen (secondary N) is 2. The van der Waals surface area contributed by atoms with E-state index in [9.17, 15) is 19.2 Å². The SMILES string of the molecule is CCNC(=O)OCC(COC(=O)NCC)OCCCC(=O)CC(=O)CC.